The van der Waals surface area contributed by atoms with Crippen LogP contribution in [0.5, 0.6) is 0 Å². The Morgan fingerprint density at radius 1 is 1.35 bits per heavy atom. The molecule has 0 bridgehead atoms. The van der Waals surface area contributed by atoms with Crippen LogP contribution in [0.2, 0.25) is 0 Å². The van der Waals surface area contributed by atoms with E-state index in [0.717, 1.165) is 42.7 Å². The van der Waals surface area contributed by atoms with E-state index < -0.39 is 0 Å². The van der Waals surface area contributed by atoms with Gasteiger partial charge in [-0.2, -0.15) is 0 Å². The lowest BCUT2D eigenvalue weighted by Crippen LogP contribution is -2.30. The molecule has 1 aromatic carbocycles. The molecule has 3 rings (SSSR count). The highest BCUT2D eigenvalue weighted by atomic mass is 16.2. The zero-order valence-electron chi connectivity index (χ0n) is 11.6. The fraction of sp³-hybridized carbons (Fsp3) is 0.467. The highest BCUT2D eigenvalue weighted by Crippen LogP contribution is 2.28. The Hall–Kier alpha value is -2.04. The van der Waals surface area contributed by atoms with Gasteiger partial charge in [-0.25, -0.2) is 4.79 Å². The number of aryl methyl sites for hydroxylation is 1. The van der Waals surface area contributed by atoms with E-state index in [9.17, 15) is 9.59 Å². The number of carbonyl (C=O) groups excluding carboxylic acids is 2. The molecule has 3 amide bonds. The molecule has 0 atom stereocenters. The van der Waals surface area contributed by atoms with Crippen molar-refractivity contribution in [3.8, 4) is 0 Å². The molecule has 2 aliphatic rings. The third-order valence-corrected chi connectivity index (χ3v) is 3.74. The molecule has 0 spiro atoms. The van der Waals surface area contributed by atoms with Gasteiger partial charge < -0.3 is 15.5 Å². The molecule has 1 aromatic rings. The predicted octanol–water partition coefficient (Wildman–Crippen LogP) is 2.41. The van der Waals surface area contributed by atoms with Gasteiger partial charge in [0.25, 0.3) is 0 Å². The highest BCUT2D eigenvalue weighted by molar-refractivity contribution is 5.97. The van der Waals surface area contributed by atoms with Crippen molar-refractivity contribution in [1.82, 2.24) is 5.32 Å². The van der Waals surface area contributed by atoms with E-state index in [-0.39, 0.29) is 11.9 Å². The average molecular weight is 273 g/mol. The molecule has 5 heteroatoms. The van der Waals surface area contributed by atoms with Crippen molar-refractivity contribution in [2.24, 2.45) is 0 Å². The topological polar surface area (TPSA) is 61.4 Å². The monoisotopic (exact) mass is 273 g/mol. The van der Waals surface area contributed by atoms with Gasteiger partial charge in [0.1, 0.15) is 0 Å². The van der Waals surface area contributed by atoms with Crippen LogP contribution in [0.25, 0.3) is 0 Å². The van der Waals surface area contributed by atoms with Crippen LogP contribution >= 0.6 is 0 Å². The Bertz CT molecular complexity index is 552. The van der Waals surface area contributed by atoms with Gasteiger partial charge in [0, 0.05) is 30.4 Å². The van der Waals surface area contributed by atoms with Gasteiger partial charge in [0.05, 0.1) is 0 Å². The number of benzene rings is 1. The first-order valence-electron chi connectivity index (χ1n) is 7.12. The van der Waals surface area contributed by atoms with Gasteiger partial charge in [-0.15, -0.1) is 0 Å². The van der Waals surface area contributed by atoms with Crippen molar-refractivity contribution in [3.63, 3.8) is 0 Å². The van der Waals surface area contributed by atoms with Crippen LogP contribution < -0.4 is 15.5 Å². The van der Waals surface area contributed by atoms with Crippen LogP contribution in [0.15, 0.2) is 18.2 Å². The summed E-state index contributed by atoms with van der Waals surface area (Å²) < 4.78 is 0. The van der Waals surface area contributed by atoms with Gasteiger partial charge >= 0.3 is 6.03 Å². The number of nitrogens with one attached hydrogen (secondary N) is 2. The molecular formula is C15H19N3O2. The van der Waals surface area contributed by atoms with E-state index in [1.807, 2.05) is 25.1 Å². The zero-order valence-corrected chi connectivity index (χ0v) is 11.6. The molecule has 2 fully saturated rings. The van der Waals surface area contributed by atoms with Crippen LogP contribution in [0.1, 0.15) is 31.2 Å². The van der Waals surface area contributed by atoms with Crippen molar-refractivity contribution >= 4 is 23.3 Å². The molecule has 1 saturated carbocycles. The maximum atomic E-state index is 11.8. The Balaban J connectivity index is 1.75. The van der Waals surface area contributed by atoms with E-state index in [2.05, 4.69) is 10.6 Å². The molecule has 5 nitrogen and oxygen atoms in total. The molecule has 1 saturated heterocycles. The van der Waals surface area contributed by atoms with E-state index in [0.29, 0.717) is 12.5 Å². The summed E-state index contributed by atoms with van der Waals surface area (Å²) in [6.07, 6.45) is 3.64. The normalized spacial score (nSPS) is 18.2. The van der Waals surface area contributed by atoms with Crippen molar-refractivity contribution in [3.05, 3.63) is 23.8 Å². The van der Waals surface area contributed by atoms with Gasteiger partial charge in [-0.3, -0.25) is 4.79 Å². The lowest BCUT2D eigenvalue weighted by Gasteiger charge is -2.19. The second kappa shape index (κ2) is 5.15. The molecule has 1 aliphatic carbocycles. The summed E-state index contributed by atoms with van der Waals surface area (Å²) in [5, 5.41) is 5.72. The number of amides is 3. The smallest absolute Gasteiger partial charge is 0.319 e. The van der Waals surface area contributed by atoms with Crippen LogP contribution in [0.4, 0.5) is 16.2 Å². The minimum atomic E-state index is -0.171. The summed E-state index contributed by atoms with van der Waals surface area (Å²) in [5.41, 5.74) is 2.67. The largest absolute Gasteiger partial charge is 0.335 e. The average Bonchev–Trinajstić information content (AvgIpc) is 3.11. The molecule has 0 unspecified atom stereocenters. The number of urea groups is 1. The van der Waals surface area contributed by atoms with E-state index >= 15 is 0 Å². The van der Waals surface area contributed by atoms with Crippen molar-refractivity contribution in [1.29, 1.82) is 0 Å². The minimum absolute atomic E-state index is 0.160. The molecule has 0 aromatic heterocycles. The van der Waals surface area contributed by atoms with Crippen LogP contribution in [-0.2, 0) is 4.79 Å². The molecule has 2 N–H and O–H groups in total. The molecule has 1 heterocycles. The summed E-state index contributed by atoms with van der Waals surface area (Å²) in [6.45, 7) is 2.74. The maximum Gasteiger partial charge on any atom is 0.319 e. The Morgan fingerprint density at radius 2 is 2.15 bits per heavy atom. The lowest BCUT2D eigenvalue weighted by molar-refractivity contribution is -0.117. The summed E-state index contributed by atoms with van der Waals surface area (Å²) in [6, 6.07) is 5.85. The second-order valence-electron chi connectivity index (χ2n) is 5.52. The van der Waals surface area contributed by atoms with Crippen molar-refractivity contribution < 1.29 is 9.59 Å². The third kappa shape index (κ3) is 2.76. The van der Waals surface area contributed by atoms with Crippen molar-refractivity contribution in [2.45, 2.75) is 38.6 Å². The SMILES string of the molecule is Cc1ccc(NC(=O)NC2CC2)cc1N1CCCC1=O. The fourth-order valence-corrected chi connectivity index (χ4v) is 2.46. The first-order valence-corrected chi connectivity index (χ1v) is 7.12. The molecule has 20 heavy (non-hydrogen) atoms. The lowest BCUT2D eigenvalue weighted by atomic mass is 10.1. The van der Waals surface area contributed by atoms with Crippen LogP contribution in [0.3, 0.4) is 0 Å². The van der Waals surface area contributed by atoms with Crippen LogP contribution in [-0.4, -0.2) is 24.5 Å². The van der Waals surface area contributed by atoms with E-state index in [1.165, 1.54) is 0 Å². The number of hydrogen-bond acceptors (Lipinski definition) is 2. The molecular weight excluding hydrogens is 254 g/mol. The second-order valence-corrected chi connectivity index (χ2v) is 5.52. The number of anilines is 2. The zero-order chi connectivity index (χ0) is 14.1. The Kier molecular flexibility index (Phi) is 3.34. The van der Waals surface area contributed by atoms with Crippen molar-refractivity contribution in [2.75, 3.05) is 16.8 Å². The van der Waals surface area contributed by atoms with Gasteiger partial charge in [0.2, 0.25) is 5.91 Å². The first kappa shape index (κ1) is 13.0. The Morgan fingerprint density at radius 3 is 2.80 bits per heavy atom. The fourth-order valence-electron chi connectivity index (χ4n) is 2.46. The Labute approximate surface area is 118 Å². The molecule has 1 aliphatic heterocycles. The van der Waals surface area contributed by atoms with Crippen LogP contribution in [0, 0.1) is 6.92 Å². The quantitative estimate of drug-likeness (QED) is 0.888. The standard InChI is InChI=1S/C15H19N3O2/c1-10-4-5-12(17-15(20)16-11-6-7-11)9-13(10)18-8-2-3-14(18)19/h4-5,9,11H,2-3,6-8H2,1H3,(H2,16,17,20). The minimum Gasteiger partial charge on any atom is -0.335 e. The first-order chi connectivity index (χ1) is 9.63. The number of rotatable bonds is 3. The predicted molar refractivity (Wildman–Crippen MR) is 77.9 cm³/mol. The third-order valence-electron chi connectivity index (χ3n) is 3.74. The van der Waals surface area contributed by atoms with E-state index in [4.69, 9.17) is 0 Å². The summed E-state index contributed by atoms with van der Waals surface area (Å²) in [4.78, 5) is 25.4. The van der Waals surface area contributed by atoms with E-state index in [1.54, 1.807) is 4.90 Å². The number of carbonyl (C=O) groups is 2. The van der Waals surface area contributed by atoms with Gasteiger partial charge in [-0.05, 0) is 43.9 Å². The van der Waals surface area contributed by atoms with Gasteiger partial charge in [-0.1, -0.05) is 6.07 Å². The summed E-state index contributed by atoms with van der Waals surface area (Å²) >= 11 is 0. The number of hydrogen-bond donors (Lipinski definition) is 2. The molecule has 0 radical (unpaired) electrons. The highest BCUT2D eigenvalue weighted by Gasteiger charge is 2.25. The summed E-state index contributed by atoms with van der Waals surface area (Å²) in [7, 11) is 0. The summed E-state index contributed by atoms with van der Waals surface area (Å²) in [5.74, 6) is 0.160. The van der Waals surface area contributed by atoms with Gasteiger partial charge in [0.15, 0.2) is 0 Å². The maximum absolute atomic E-state index is 11.8. The number of nitrogens with zero attached hydrogens (tertiary/aromatic N) is 1. The molecule has 106 valence electrons.